The van der Waals surface area contributed by atoms with E-state index in [1.807, 2.05) is 0 Å². The summed E-state index contributed by atoms with van der Waals surface area (Å²) in [5.74, 6) is 0.150. The van der Waals surface area contributed by atoms with Crippen molar-refractivity contribution in [2.75, 3.05) is 18.9 Å². The highest BCUT2D eigenvalue weighted by Crippen LogP contribution is 2.30. The van der Waals surface area contributed by atoms with Crippen LogP contribution in [0.2, 0.25) is 0 Å². The normalized spacial score (nSPS) is 29.8. The molecule has 8 nitrogen and oxygen atoms in total. The van der Waals surface area contributed by atoms with Crippen LogP contribution in [0.5, 0.6) is 0 Å². The molecule has 0 saturated carbocycles. The van der Waals surface area contributed by atoms with E-state index in [0.717, 1.165) is 0 Å². The zero-order chi connectivity index (χ0) is 14.9. The van der Waals surface area contributed by atoms with Crippen molar-refractivity contribution in [3.63, 3.8) is 0 Å². The summed E-state index contributed by atoms with van der Waals surface area (Å²) in [6.07, 6.45) is -1.91. The van der Waals surface area contributed by atoms with Crippen LogP contribution in [0.25, 0.3) is 0 Å². The maximum absolute atomic E-state index is 11.9. The largest absolute Gasteiger partial charge is 0.394 e. The van der Waals surface area contributed by atoms with Gasteiger partial charge in [-0.1, -0.05) is 0 Å². The Labute approximate surface area is 115 Å². The molecule has 0 radical (unpaired) electrons. The lowest BCUT2D eigenvalue weighted by Gasteiger charge is -2.22. The molecular formula is C12H19N3O5. The zero-order valence-electron chi connectivity index (χ0n) is 11.4. The molecule has 8 heteroatoms. The zero-order valence-corrected chi connectivity index (χ0v) is 11.4. The van der Waals surface area contributed by atoms with E-state index in [4.69, 9.17) is 15.2 Å². The standard InChI is InChI=1S/C12H19N3O5/c1-3-19-9-8(17)7(5-16)20-11(9)15-4-6(2)10(13)14-12(15)18/h4,7-9,11,16-17H,3,5H2,1-2H3,(H2,13,14,18)/t7?,8?,9?,11-/m1/s1. The molecule has 1 aliphatic heterocycles. The summed E-state index contributed by atoms with van der Waals surface area (Å²) in [4.78, 5) is 15.6. The molecule has 0 spiro atoms. The summed E-state index contributed by atoms with van der Waals surface area (Å²) in [5.41, 5.74) is 5.60. The van der Waals surface area contributed by atoms with Gasteiger partial charge in [-0.05, 0) is 13.8 Å². The van der Waals surface area contributed by atoms with Gasteiger partial charge in [0.2, 0.25) is 0 Å². The van der Waals surface area contributed by atoms with Gasteiger partial charge in [0.1, 0.15) is 24.1 Å². The molecule has 1 fully saturated rings. The Morgan fingerprint density at radius 2 is 2.30 bits per heavy atom. The van der Waals surface area contributed by atoms with Gasteiger partial charge < -0.3 is 25.4 Å². The van der Waals surface area contributed by atoms with Crippen molar-refractivity contribution in [2.24, 2.45) is 0 Å². The molecular weight excluding hydrogens is 266 g/mol. The van der Waals surface area contributed by atoms with Crippen molar-refractivity contribution >= 4 is 5.82 Å². The van der Waals surface area contributed by atoms with Crippen LogP contribution >= 0.6 is 0 Å². The van der Waals surface area contributed by atoms with Gasteiger partial charge in [-0.15, -0.1) is 0 Å². The first-order valence-electron chi connectivity index (χ1n) is 6.40. The molecule has 3 unspecified atom stereocenters. The van der Waals surface area contributed by atoms with E-state index < -0.39 is 30.2 Å². The number of aliphatic hydroxyl groups excluding tert-OH is 2. The Hall–Kier alpha value is -1.48. The predicted molar refractivity (Wildman–Crippen MR) is 70.1 cm³/mol. The molecule has 112 valence electrons. The average Bonchev–Trinajstić information content (AvgIpc) is 2.72. The van der Waals surface area contributed by atoms with Crippen LogP contribution in [0.4, 0.5) is 5.82 Å². The second-order valence-corrected chi connectivity index (χ2v) is 4.66. The van der Waals surface area contributed by atoms with Crippen molar-refractivity contribution in [3.8, 4) is 0 Å². The highest BCUT2D eigenvalue weighted by molar-refractivity contribution is 5.35. The lowest BCUT2D eigenvalue weighted by atomic mass is 10.1. The number of aliphatic hydroxyl groups is 2. The van der Waals surface area contributed by atoms with E-state index in [0.29, 0.717) is 12.2 Å². The molecule has 0 aromatic carbocycles. The molecule has 0 amide bonds. The lowest BCUT2D eigenvalue weighted by Crippen LogP contribution is -2.38. The van der Waals surface area contributed by atoms with Gasteiger partial charge in [-0.3, -0.25) is 4.57 Å². The second-order valence-electron chi connectivity index (χ2n) is 4.66. The quantitative estimate of drug-likeness (QED) is 0.635. The number of anilines is 1. The molecule has 2 heterocycles. The number of hydrogen-bond acceptors (Lipinski definition) is 7. The molecule has 1 aromatic rings. The Morgan fingerprint density at radius 3 is 2.90 bits per heavy atom. The number of rotatable bonds is 4. The van der Waals surface area contributed by atoms with E-state index in [2.05, 4.69) is 4.98 Å². The summed E-state index contributed by atoms with van der Waals surface area (Å²) in [6, 6.07) is 0. The number of nitrogens with two attached hydrogens (primary N) is 1. The van der Waals surface area contributed by atoms with E-state index >= 15 is 0 Å². The first-order chi connectivity index (χ1) is 9.49. The van der Waals surface area contributed by atoms with Gasteiger partial charge in [0.15, 0.2) is 6.23 Å². The van der Waals surface area contributed by atoms with Crippen LogP contribution in [0, 0.1) is 6.92 Å². The number of aromatic nitrogens is 2. The SMILES string of the molecule is CCOC1C(O)C(CO)O[C@H]1n1cc(C)c(N)nc1=O. The molecule has 20 heavy (non-hydrogen) atoms. The van der Waals surface area contributed by atoms with E-state index in [1.54, 1.807) is 13.8 Å². The Balaban J connectivity index is 2.39. The van der Waals surface area contributed by atoms with Crippen molar-refractivity contribution < 1.29 is 19.7 Å². The third-order valence-electron chi connectivity index (χ3n) is 3.30. The monoisotopic (exact) mass is 285 g/mol. The summed E-state index contributed by atoms with van der Waals surface area (Å²) in [6.45, 7) is 3.46. The van der Waals surface area contributed by atoms with Crippen LogP contribution in [-0.2, 0) is 9.47 Å². The fourth-order valence-corrected chi connectivity index (χ4v) is 2.23. The van der Waals surface area contributed by atoms with Gasteiger partial charge >= 0.3 is 5.69 Å². The van der Waals surface area contributed by atoms with Gasteiger partial charge in [0.25, 0.3) is 0 Å². The van der Waals surface area contributed by atoms with Crippen LogP contribution in [0.1, 0.15) is 18.7 Å². The molecule has 1 aliphatic rings. The van der Waals surface area contributed by atoms with Crippen LogP contribution in [0.15, 0.2) is 11.0 Å². The molecule has 1 aromatic heterocycles. The molecule has 1 saturated heterocycles. The summed E-state index contributed by atoms with van der Waals surface area (Å²) in [5, 5.41) is 19.2. The van der Waals surface area contributed by atoms with Gasteiger partial charge in [0, 0.05) is 18.4 Å². The van der Waals surface area contributed by atoms with E-state index in [9.17, 15) is 15.0 Å². The minimum atomic E-state index is -1.02. The molecule has 2 rings (SSSR count). The highest BCUT2D eigenvalue weighted by Gasteiger charge is 2.45. The van der Waals surface area contributed by atoms with Gasteiger partial charge in [-0.2, -0.15) is 4.98 Å². The predicted octanol–water partition coefficient (Wildman–Crippen LogP) is -1.21. The number of hydrogen-bond donors (Lipinski definition) is 3. The van der Waals surface area contributed by atoms with Crippen LogP contribution in [0.3, 0.4) is 0 Å². The molecule has 4 N–H and O–H groups in total. The van der Waals surface area contributed by atoms with Gasteiger partial charge in [-0.25, -0.2) is 4.79 Å². The topological polar surface area (TPSA) is 120 Å². The first-order valence-corrected chi connectivity index (χ1v) is 6.40. The second kappa shape index (κ2) is 5.88. The number of nitrogens with zero attached hydrogens (tertiary/aromatic N) is 2. The average molecular weight is 285 g/mol. The Bertz CT molecular complexity index is 532. The Kier molecular flexibility index (Phi) is 4.39. The fourth-order valence-electron chi connectivity index (χ4n) is 2.23. The summed E-state index contributed by atoms with van der Waals surface area (Å²) >= 11 is 0. The number of nitrogen functional groups attached to an aromatic ring is 1. The molecule has 0 bridgehead atoms. The highest BCUT2D eigenvalue weighted by atomic mass is 16.6. The van der Waals surface area contributed by atoms with Crippen molar-refractivity contribution in [1.82, 2.24) is 9.55 Å². The third kappa shape index (κ3) is 2.55. The van der Waals surface area contributed by atoms with Crippen molar-refractivity contribution in [1.29, 1.82) is 0 Å². The molecule has 0 aliphatic carbocycles. The summed E-state index contributed by atoms with van der Waals surface area (Å²) in [7, 11) is 0. The minimum absolute atomic E-state index is 0.150. The van der Waals surface area contributed by atoms with E-state index in [1.165, 1.54) is 10.8 Å². The lowest BCUT2D eigenvalue weighted by molar-refractivity contribution is -0.0716. The maximum atomic E-state index is 11.9. The van der Waals surface area contributed by atoms with Crippen LogP contribution < -0.4 is 11.4 Å². The van der Waals surface area contributed by atoms with E-state index in [-0.39, 0.29) is 12.4 Å². The Morgan fingerprint density at radius 1 is 1.60 bits per heavy atom. The maximum Gasteiger partial charge on any atom is 0.351 e. The number of aryl methyl sites for hydroxylation is 1. The first kappa shape index (κ1) is 14.9. The van der Waals surface area contributed by atoms with Gasteiger partial charge in [0.05, 0.1) is 6.61 Å². The van der Waals surface area contributed by atoms with Crippen LogP contribution in [-0.4, -0.2) is 51.3 Å². The minimum Gasteiger partial charge on any atom is -0.394 e. The molecule has 4 atom stereocenters. The summed E-state index contributed by atoms with van der Waals surface area (Å²) < 4.78 is 12.2. The third-order valence-corrected chi connectivity index (χ3v) is 3.30. The van der Waals surface area contributed by atoms with Crippen molar-refractivity contribution in [3.05, 3.63) is 22.2 Å². The smallest absolute Gasteiger partial charge is 0.351 e. The number of ether oxygens (including phenoxy) is 2. The van der Waals surface area contributed by atoms with Crippen molar-refractivity contribution in [2.45, 2.75) is 38.4 Å². The fraction of sp³-hybridized carbons (Fsp3) is 0.667.